The largest absolute Gasteiger partial charge is 0.481 e. The van der Waals surface area contributed by atoms with E-state index in [1.165, 1.54) is 24.1 Å². The van der Waals surface area contributed by atoms with Gasteiger partial charge in [-0.1, -0.05) is 22.0 Å². The Kier molecular flexibility index (Phi) is 7.70. The average molecular weight is 370 g/mol. The Morgan fingerprint density at radius 3 is 2.55 bits per heavy atom. The third-order valence-corrected chi connectivity index (χ3v) is 3.14. The minimum atomic E-state index is -0.994. The summed E-state index contributed by atoms with van der Waals surface area (Å²) in [5, 5.41) is 8.62. The lowest BCUT2D eigenvalue weighted by Crippen LogP contribution is -2.37. The molecule has 5 nitrogen and oxygen atoms in total. The van der Waals surface area contributed by atoms with Crippen molar-refractivity contribution in [2.45, 2.75) is 12.5 Å². The van der Waals surface area contributed by atoms with Gasteiger partial charge in [0.05, 0.1) is 6.42 Å². The minimum Gasteiger partial charge on any atom is -0.481 e. The van der Waals surface area contributed by atoms with Crippen LogP contribution in [0.2, 0.25) is 0 Å². The second-order valence-electron chi connectivity index (χ2n) is 4.10. The molecule has 0 aliphatic rings. The molecule has 0 aliphatic carbocycles. The van der Waals surface area contributed by atoms with Crippen molar-refractivity contribution < 1.29 is 19.1 Å². The zero-order valence-corrected chi connectivity index (χ0v) is 13.1. The van der Waals surface area contributed by atoms with E-state index in [1.807, 2.05) is 0 Å². The summed E-state index contributed by atoms with van der Waals surface area (Å²) in [6.45, 7) is 0.0957. The van der Waals surface area contributed by atoms with Crippen LogP contribution < -0.4 is 5.73 Å². The fourth-order valence-corrected chi connectivity index (χ4v) is 2.07. The number of primary amides is 1. The number of hydrogen-bond donors (Lipinski definition) is 2. The lowest BCUT2D eigenvalue weighted by molar-refractivity contribution is -0.138. The average Bonchev–Trinajstić information content (AvgIpc) is 2.29. The van der Waals surface area contributed by atoms with E-state index in [0.717, 1.165) is 0 Å². The molecule has 20 heavy (non-hydrogen) atoms. The van der Waals surface area contributed by atoms with Gasteiger partial charge >= 0.3 is 5.97 Å². The van der Waals surface area contributed by atoms with Crippen LogP contribution in [0.15, 0.2) is 22.7 Å². The zero-order valence-electron chi connectivity index (χ0n) is 10.7. The van der Waals surface area contributed by atoms with Crippen LogP contribution in [0, 0.1) is 5.82 Å². The Hall–Kier alpha value is -1.18. The van der Waals surface area contributed by atoms with Crippen LogP contribution in [0.1, 0.15) is 18.0 Å². The molecule has 1 rings (SSSR count). The number of carbonyl (C=O) groups excluding carboxylic acids is 1. The molecule has 0 radical (unpaired) electrons. The molecule has 0 spiro atoms. The number of amides is 1. The summed E-state index contributed by atoms with van der Waals surface area (Å²) in [5.74, 6) is -2.29. The van der Waals surface area contributed by atoms with E-state index in [4.69, 9.17) is 10.8 Å². The first-order chi connectivity index (χ1) is 8.82. The predicted octanol–water partition coefficient (Wildman–Crippen LogP) is 1.94. The van der Waals surface area contributed by atoms with Crippen molar-refractivity contribution in [2.75, 3.05) is 13.6 Å². The summed E-state index contributed by atoms with van der Waals surface area (Å²) >= 11 is 3.12. The molecule has 0 fully saturated rings. The highest BCUT2D eigenvalue weighted by Gasteiger charge is 2.26. The van der Waals surface area contributed by atoms with Crippen molar-refractivity contribution in [1.82, 2.24) is 4.90 Å². The standard InChI is InChI=1S/C12H14BrFN2O3.ClH/c1-16(5-4-10(17)18)11(12(15)19)8-3-2-7(13)6-9(8)14;/h2-3,6,11H,4-5H2,1H3,(H2,15,19)(H,17,18);1H. The highest BCUT2D eigenvalue weighted by Crippen LogP contribution is 2.25. The number of aliphatic carboxylic acids is 1. The molecule has 0 aromatic heterocycles. The molecular weight excluding hydrogens is 354 g/mol. The number of rotatable bonds is 6. The van der Waals surface area contributed by atoms with Crippen LogP contribution in [0.3, 0.4) is 0 Å². The van der Waals surface area contributed by atoms with Crippen LogP contribution >= 0.6 is 28.3 Å². The van der Waals surface area contributed by atoms with Gasteiger partial charge in [-0.25, -0.2) is 4.39 Å². The number of hydrogen-bond acceptors (Lipinski definition) is 3. The fraction of sp³-hybridized carbons (Fsp3) is 0.333. The van der Waals surface area contributed by atoms with Crippen LogP contribution in [0.4, 0.5) is 4.39 Å². The van der Waals surface area contributed by atoms with Crippen molar-refractivity contribution in [1.29, 1.82) is 0 Å². The molecule has 1 aromatic rings. The van der Waals surface area contributed by atoms with Crippen LogP contribution in [0.5, 0.6) is 0 Å². The Morgan fingerprint density at radius 1 is 1.50 bits per heavy atom. The Balaban J connectivity index is 0.00000361. The lowest BCUT2D eigenvalue weighted by Gasteiger charge is -2.25. The summed E-state index contributed by atoms with van der Waals surface area (Å²) in [7, 11) is 1.53. The summed E-state index contributed by atoms with van der Waals surface area (Å²) in [6.07, 6.45) is -0.154. The molecule has 1 atom stereocenters. The van der Waals surface area contributed by atoms with E-state index in [0.29, 0.717) is 4.47 Å². The van der Waals surface area contributed by atoms with Gasteiger partial charge < -0.3 is 10.8 Å². The first kappa shape index (κ1) is 18.8. The van der Waals surface area contributed by atoms with E-state index >= 15 is 0 Å². The van der Waals surface area contributed by atoms with Gasteiger partial charge in [0.2, 0.25) is 5.91 Å². The summed E-state index contributed by atoms with van der Waals surface area (Å²) < 4.78 is 14.4. The number of likely N-dealkylation sites (N-methyl/N-ethyl adjacent to an activating group) is 1. The van der Waals surface area contributed by atoms with Gasteiger partial charge in [-0.2, -0.15) is 0 Å². The molecule has 0 bridgehead atoms. The van der Waals surface area contributed by atoms with Gasteiger partial charge in [0.25, 0.3) is 0 Å². The van der Waals surface area contributed by atoms with Gasteiger partial charge in [-0.15, -0.1) is 12.4 Å². The molecule has 1 aromatic carbocycles. The lowest BCUT2D eigenvalue weighted by atomic mass is 10.0. The maximum absolute atomic E-state index is 13.8. The number of benzene rings is 1. The fourth-order valence-electron chi connectivity index (χ4n) is 1.73. The highest BCUT2D eigenvalue weighted by atomic mass is 79.9. The molecule has 1 unspecified atom stereocenters. The highest BCUT2D eigenvalue weighted by molar-refractivity contribution is 9.10. The van der Waals surface area contributed by atoms with E-state index in [-0.39, 0.29) is 30.9 Å². The van der Waals surface area contributed by atoms with E-state index in [1.54, 1.807) is 6.07 Å². The molecular formula is C12H15BrClFN2O3. The van der Waals surface area contributed by atoms with Gasteiger partial charge in [0, 0.05) is 16.6 Å². The molecule has 3 N–H and O–H groups in total. The van der Waals surface area contributed by atoms with Crippen molar-refractivity contribution in [3.63, 3.8) is 0 Å². The number of carboxylic acids is 1. The van der Waals surface area contributed by atoms with E-state index in [2.05, 4.69) is 15.9 Å². The second-order valence-corrected chi connectivity index (χ2v) is 5.01. The predicted molar refractivity (Wildman–Crippen MR) is 78.2 cm³/mol. The van der Waals surface area contributed by atoms with Gasteiger partial charge in [-0.3, -0.25) is 14.5 Å². The molecule has 0 heterocycles. The molecule has 112 valence electrons. The number of halogens is 3. The first-order valence-electron chi connectivity index (χ1n) is 5.49. The quantitative estimate of drug-likeness (QED) is 0.803. The molecule has 0 saturated heterocycles. The van der Waals surface area contributed by atoms with Crippen molar-refractivity contribution in [2.24, 2.45) is 5.73 Å². The smallest absolute Gasteiger partial charge is 0.304 e. The SMILES string of the molecule is CN(CCC(=O)O)C(C(N)=O)c1ccc(Br)cc1F.Cl. The summed E-state index contributed by atoms with van der Waals surface area (Å²) in [5.41, 5.74) is 5.40. The Labute approximate surface area is 130 Å². The van der Waals surface area contributed by atoms with E-state index < -0.39 is 23.7 Å². The minimum absolute atomic E-state index is 0. The van der Waals surface area contributed by atoms with Crippen molar-refractivity contribution >= 4 is 40.2 Å². The van der Waals surface area contributed by atoms with Crippen LogP contribution in [-0.4, -0.2) is 35.5 Å². The molecule has 1 amide bonds. The number of nitrogens with two attached hydrogens (primary N) is 1. The molecule has 0 saturated carbocycles. The second kappa shape index (κ2) is 8.18. The van der Waals surface area contributed by atoms with Gasteiger partial charge in [-0.05, 0) is 19.2 Å². The van der Waals surface area contributed by atoms with E-state index in [9.17, 15) is 14.0 Å². The molecule has 8 heteroatoms. The summed E-state index contributed by atoms with van der Waals surface area (Å²) in [6, 6.07) is 3.29. The monoisotopic (exact) mass is 368 g/mol. The Morgan fingerprint density at radius 2 is 2.10 bits per heavy atom. The van der Waals surface area contributed by atoms with Crippen LogP contribution in [0.25, 0.3) is 0 Å². The van der Waals surface area contributed by atoms with Crippen molar-refractivity contribution in [3.8, 4) is 0 Å². The van der Waals surface area contributed by atoms with Crippen molar-refractivity contribution in [3.05, 3.63) is 34.1 Å². The third kappa shape index (κ3) is 5.07. The number of carbonyl (C=O) groups is 2. The number of carboxylic acid groups (broad SMARTS) is 1. The first-order valence-corrected chi connectivity index (χ1v) is 6.28. The third-order valence-electron chi connectivity index (χ3n) is 2.65. The maximum atomic E-state index is 13.8. The maximum Gasteiger partial charge on any atom is 0.304 e. The van der Waals surface area contributed by atoms with Gasteiger partial charge in [0.15, 0.2) is 0 Å². The zero-order chi connectivity index (χ0) is 14.6. The normalized spacial score (nSPS) is 11.8. The van der Waals surface area contributed by atoms with Crippen LogP contribution in [-0.2, 0) is 9.59 Å². The number of nitrogens with zero attached hydrogens (tertiary/aromatic N) is 1. The van der Waals surface area contributed by atoms with Gasteiger partial charge in [0.1, 0.15) is 11.9 Å². The Bertz CT molecular complexity index is 502. The topological polar surface area (TPSA) is 83.6 Å². The molecule has 0 aliphatic heterocycles. The summed E-state index contributed by atoms with van der Waals surface area (Å²) in [4.78, 5) is 23.4.